The first-order valence-corrected chi connectivity index (χ1v) is 18.5. The summed E-state index contributed by atoms with van der Waals surface area (Å²) in [5, 5.41) is 38.7. The fourth-order valence-electron chi connectivity index (χ4n) is 5.60. The number of hydrogen-bond donors (Lipinski definition) is 5. The van der Waals surface area contributed by atoms with Crippen LogP contribution in [-0.4, -0.2) is 86.5 Å². The molecular weight excluding hydrogens is 691 g/mol. The van der Waals surface area contributed by atoms with Gasteiger partial charge in [0.05, 0.1) is 17.1 Å². The lowest BCUT2D eigenvalue weighted by atomic mass is 9.80. The van der Waals surface area contributed by atoms with Crippen LogP contribution in [0.15, 0.2) is 80.7 Å². The lowest BCUT2D eigenvalue weighted by Crippen LogP contribution is -2.28. The molecular formula is C33H43N5O10S2. The predicted octanol–water partition coefficient (Wildman–Crippen LogP) is 5.12. The minimum absolute atomic E-state index is 0.0603. The van der Waals surface area contributed by atoms with Crippen LogP contribution in [0.5, 0.6) is 11.8 Å². The maximum absolute atomic E-state index is 12.5. The summed E-state index contributed by atoms with van der Waals surface area (Å²) in [5.74, 6) is -0.713. The van der Waals surface area contributed by atoms with Crippen molar-refractivity contribution >= 4 is 48.1 Å². The fourth-order valence-corrected chi connectivity index (χ4v) is 6.94. The minimum atomic E-state index is -4.91. The minimum Gasteiger partial charge on any atom is -0.492 e. The number of unbranched alkanes of at least 4 members (excludes halogenated alkanes) is 2. The van der Waals surface area contributed by atoms with E-state index in [1.807, 2.05) is 69.1 Å². The standard InChI is InChI=1S/C33H43N5O10S2/c1-33(2,21-34-35-22-10-12-23(13-11-22)36(3)4)32-26-19-24(49(42,43)44)20-28(50(45,46)47)25(26)14-15-27(32)37(5)18-8-6-7-9-31(41)48-38-29(39)16-17-30(38)40/h10-17,19-20,31,39-41H,6-9,18,21H2,1-5H3,(H,42,43,44)(H,45,46,47). The maximum Gasteiger partial charge on any atom is 0.295 e. The molecule has 0 aliphatic heterocycles. The maximum atomic E-state index is 12.5. The van der Waals surface area contributed by atoms with Crippen molar-refractivity contribution in [3.8, 4) is 11.8 Å². The summed E-state index contributed by atoms with van der Waals surface area (Å²) in [6, 6.07) is 15.0. The third-order valence-corrected chi connectivity index (χ3v) is 9.93. The zero-order chi connectivity index (χ0) is 37.0. The molecule has 0 radical (unpaired) electrons. The van der Waals surface area contributed by atoms with Gasteiger partial charge in [-0.1, -0.05) is 26.3 Å². The number of rotatable bonds is 16. The molecule has 0 saturated heterocycles. The number of nitrogens with zero attached hydrogens (tertiary/aromatic N) is 5. The van der Waals surface area contributed by atoms with Crippen molar-refractivity contribution in [2.24, 2.45) is 10.2 Å². The van der Waals surface area contributed by atoms with Gasteiger partial charge >= 0.3 is 0 Å². The van der Waals surface area contributed by atoms with Gasteiger partial charge in [0.25, 0.3) is 20.2 Å². The molecule has 1 unspecified atom stereocenters. The Morgan fingerprint density at radius 3 is 2.06 bits per heavy atom. The Bertz CT molecular complexity index is 2040. The molecule has 17 heteroatoms. The molecule has 1 aromatic heterocycles. The van der Waals surface area contributed by atoms with Gasteiger partial charge in [0.2, 0.25) is 18.1 Å². The SMILES string of the molecule is CN(C)c1ccc(N=NCC(C)(C)c2c(N(C)CCCCCC(O)On3c(O)ccc3O)ccc3c(S(=O)(=O)O)cc(S(=O)(=O)O)cc23)cc1. The van der Waals surface area contributed by atoms with Gasteiger partial charge in [-0.3, -0.25) is 9.11 Å². The summed E-state index contributed by atoms with van der Waals surface area (Å²) in [6.07, 6.45) is 0.777. The van der Waals surface area contributed by atoms with Gasteiger partial charge in [-0.25, -0.2) is 0 Å². The van der Waals surface area contributed by atoms with E-state index in [2.05, 4.69) is 10.2 Å². The first-order chi connectivity index (χ1) is 23.3. The highest BCUT2D eigenvalue weighted by Gasteiger charge is 2.31. The summed E-state index contributed by atoms with van der Waals surface area (Å²) >= 11 is 0. The fraction of sp³-hybridized carbons (Fsp3) is 0.394. The molecule has 3 aromatic carbocycles. The van der Waals surface area contributed by atoms with Crippen LogP contribution in [0, 0.1) is 0 Å². The molecule has 1 atom stereocenters. The molecule has 0 saturated carbocycles. The summed E-state index contributed by atoms with van der Waals surface area (Å²) in [4.78, 5) is 7.68. The molecule has 0 bridgehead atoms. The molecule has 5 N–H and O–H groups in total. The van der Waals surface area contributed by atoms with Crippen LogP contribution in [-0.2, 0) is 25.7 Å². The molecule has 0 spiro atoms. The van der Waals surface area contributed by atoms with Crippen LogP contribution in [0.4, 0.5) is 17.1 Å². The van der Waals surface area contributed by atoms with Gasteiger partial charge in [0.1, 0.15) is 4.90 Å². The van der Waals surface area contributed by atoms with Crippen LogP contribution in [0.25, 0.3) is 10.8 Å². The average molecular weight is 734 g/mol. The van der Waals surface area contributed by atoms with Crippen molar-refractivity contribution in [2.45, 2.75) is 61.0 Å². The van der Waals surface area contributed by atoms with Crippen molar-refractivity contribution in [1.29, 1.82) is 0 Å². The molecule has 0 fully saturated rings. The summed E-state index contributed by atoms with van der Waals surface area (Å²) in [6.45, 7) is 4.29. The second kappa shape index (κ2) is 15.2. The van der Waals surface area contributed by atoms with Crippen molar-refractivity contribution < 1.29 is 46.1 Å². The molecule has 0 aliphatic carbocycles. The van der Waals surface area contributed by atoms with E-state index in [0.717, 1.165) is 16.5 Å². The Hall–Kier alpha value is -4.42. The number of aliphatic hydroxyl groups is 1. The van der Waals surface area contributed by atoms with Gasteiger partial charge in [0.15, 0.2) is 0 Å². The van der Waals surface area contributed by atoms with Gasteiger partial charge in [-0.05, 0) is 66.3 Å². The van der Waals surface area contributed by atoms with Crippen molar-refractivity contribution in [2.75, 3.05) is 44.0 Å². The highest BCUT2D eigenvalue weighted by molar-refractivity contribution is 7.86. The van der Waals surface area contributed by atoms with E-state index in [0.29, 0.717) is 42.7 Å². The molecule has 0 aliphatic rings. The largest absolute Gasteiger partial charge is 0.492 e. The molecule has 0 amide bonds. The van der Waals surface area contributed by atoms with Crippen molar-refractivity contribution in [1.82, 2.24) is 4.73 Å². The molecule has 4 aromatic rings. The van der Waals surface area contributed by atoms with E-state index >= 15 is 0 Å². The Morgan fingerprint density at radius 2 is 1.48 bits per heavy atom. The third kappa shape index (κ3) is 9.22. The third-order valence-electron chi connectivity index (χ3n) is 8.20. The average Bonchev–Trinajstić information content (AvgIpc) is 3.34. The highest BCUT2D eigenvalue weighted by Crippen LogP contribution is 2.41. The second-order valence-corrected chi connectivity index (χ2v) is 15.6. The monoisotopic (exact) mass is 733 g/mol. The van der Waals surface area contributed by atoms with Crippen molar-refractivity contribution in [3.05, 3.63) is 66.2 Å². The van der Waals surface area contributed by atoms with Crippen molar-refractivity contribution in [3.63, 3.8) is 0 Å². The number of benzene rings is 3. The molecule has 50 heavy (non-hydrogen) atoms. The molecule has 4 rings (SSSR count). The zero-order valence-electron chi connectivity index (χ0n) is 28.4. The number of anilines is 2. The van der Waals surface area contributed by atoms with E-state index in [9.17, 15) is 41.3 Å². The van der Waals surface area contributed by atoms with E-state index in [4.69, 9.17) is 4.84 Å². The van der Waals surface area contributed by atoms with Crippen LogP contribution >= 0.6 is 0 Å². The van der Waals surface area contributed by atoms with E-state index in [1.165, 1.54) is 24.3 Å². The Kier molecular flexibility index (Phi) is 11.7. The number of hydrogen-bond acceptors (Lipinski definition) is 12. The second-order valence-electron chi connectivity index (χ2n) is 12.8. The van der Waals surface area contributed by atoms with E-state index in [1.54, 1.807) is 6.07 Å². The van der Waals surface area contributed by atoms with Gasteiger partial charge in [0, 0.05) is 68.4 Å². The molecule has 272 valence electrons. The quantitative estimate of drug-likeness (QED) is 0.0439. The summed E-state index contributed by atoms with van der Waals surface area (Å²) in [7, 11) is -4.13. The topological polar surface area (TPSA) is 215 Å². The zero-order valence-corrected chi connectivity index (χ0v) is 30.1. The van der Waals surface area contributed by atoms with Crippen LogP contribution in [0.3, 0.4) is 0 Å². The van der Waals surface area contributed by atoms with Crippen LogP contribution < -0.4 is 14.6 Å². The number of aromatic nitrogens is 1. The Labute approximate surface area is 291 Å². The first kappa shape index (κ1) is 38.4. The first-order valence-electron chi connectivity index (χ1n) is 15.7. The normalized spacial score (nSPS) is 13.2. The molecule has 1 heterocycles. The van der Waals surface area contributed by atoms with Crippen LogP contribution in [0.2, 0.25) is 0 Å². The number of azo groups is 1. The lowest BCUT2D eigenvalue weighted by Gasteiger charge is -2.32. The summed E-state index contributed by atoms with van der Waals surface area (Å²) in [5.41, 5.74) is 1.86. The Morgan fingerprint density at radius 1 is 0.840 bits per heavy atom. The number of aliphatic hydroxyl groups excluding tert-OH is 1. The summed E-state index contributed by atoms with van der Waals surface area (Å²) < 4.78 is 70.2. The van der Waals surface area contributed by atoms with E-state index < -0.39 is 41.7 Å². The number of aromatic hydroxyl groups is 2. The number of fused-ring (bicyclic) bond motifs is 1. The van der Waals surface area contributed by atoms with E-state index in [-0.39, 0.29) is 35.5 Å². The Balaban J connectivity index is 1.64. The van der Waals surface area contributed by atoms with Gasteiger partial charge < -0.3 is 30.0 Å². The van der Waals surface area contributed by atoms with Gasteiger partial charge in [-0.15, -0.1) is 4.73 Å². The highest BCUT2D eigenvalue weighted by atomic mass is 32.2. The molecule has 15 nitrogen and oxygen atoms in total. The lowest BCUT2D eigenvalue weighted by molar-refractivity contribution is -0.117. The van der Waals surface area contributed by atoms with Gasteiger partial charge in [-0.2, -0.15) is 27.1 Å². The predicted molar refractivity (Wildman–Crippen MR) is 189 cm³/mol. The van der Waals surface area contributed by atoms with Crippen LogP contribution in [0.1, 0.15) is 45.1 Å². The smallest absolute Gasteiger partial charge is 0.295 e.